The Morgan fingerprint density at radius 3 is 2.22 bits per heavy atom. The summed E-state index contributed by atoms with van der Waals surface area (Å²) >= 11 is 0. The lowest BCUT2D eigenvalue weighted by Crippen LogP contribution is -2.30. The van der Waals surface area contributed by atoms with Crippen molar-refractivity contribution < 1.29 is 32.2 Å². The molecular weight excluding hydrogens is 484 g/mol. The Kier molecular flexibility index (Phi) is 7.44. The average molecular weight is 511 g/mol. The maximum absolute atomic E-state index is 12.8. The summed E-state index contributed by atoms with van der Waals surface area (Å²) in [5.74, 6) is -0.324. The standard InChI is InChI=1S/C26H26N2O7S/c1-3-18-4-8-20(9-5-18)27-25(29)17(2)35-26(30)19-6-10-21(11-7-19)28-36(31,32)22-12-13-23-24(16-22)34-15-14-33-23/h4-13,16-17,28H,3,14-15H2,1-2H3,(H,27,29)/t17-/m1/s1. The molecule has 1 aliphatic heterocycles. The van der Waals surface area contributed by atoms with Crippen molar-refractivity contribution in [1.29, 1.82) is 0 Å². The number of carbonyl (C=O) groups is 2. The highest BCUT2D eigenvalue weighted by Gasteiger charge is 2.21. The van der Waals surface area contributed by atoms with Crippen molar-refractivity contribution in [3.63, 3.8) is 0 Å². The monoisotopic (exact) mass is 510 g/mol. The summed E-state index contributed by atoms with van der Waals surface area (Å²) in [5, 5.41) is 2.71. The van der Waals surface area contributed by atoms with Crippen molar-refractivity contribution in [1.82, 2.24) is 0 Å². The molecule has 2 N–H and O–H groups in total. The molecule has 9 nitrogen and oxygen atoms in total. The summed E-state index contributed by atoms with van der Waals surface area (Å²) in [7, 11) is -3.90. The molecule has 0 aliphatic carbocycles. The molecule has 10 heteroatoms. The highest BCUT2D eigenvalue weighted by Crippen LogP contribution is 2.32. The molecule has 0 radical (unpaired) electrons. The molecule has 1 atom stereocenters. The fourth-order valence-corrected chi connectivity index (χ4v) is 4.50. The van der Waals surface area contributed by atoms with E-state index >= 15 is 0 Å². The second kappa shape index (κ2) is 10.7. The third-order valence-corrected chi connectivity index (χ3v) is 6.86. The van der Waals surface area contributed by atoms with Gasteiger partial charge in [-0.1, -0.05) is 19.1 Å². The van der Waals surface area contributed by atoms with Crippen LogP contribution in [0.3, 0.4) is 0 Å². The van der Waals surface area contributed by atoms with Crippen LogP contribution in [0.1, 0.15) is 29.8 Å². The van der Waals surface area contributed by atoms with Crippen molar-refractivity contribution in [3.8, 4) is 11.5 Å². The van der Waals surface area contributed by atoms with Gasteiger partial charge in [0.25, 0.3) is 15.9 Å². The quantitative estimate of drug-likeness (QED) is 0.440. The first-order chi connectivity index (χ1) is 17.2. The van der Waals surface area contributed by atoms with Crippen LogP contribution in [0.4, 0.5) is 11.4 Å². The highest BCUT2D eigenvalue weighted by molar-refractivity contribution is 7.92. The van der Waals surface area contributed by atoms with Gasteiger partial charge in [0.2, 0.25) is 0 Å². The van der Waals surface area contributed by atoms with E-state index in [-0.39, 0.29) is 16.1 Å². The molecule has 1 amide bonds. The van der Waals surface area contributed by atoms with Gasteiger partial charge in [0, 0.05) is 17.4 Å². The van der Waals surface area contributed by atoms with Gasteiger partial charge in [0.15, 0.2) is 17.6 Å². The van der Waals surface area contributed by atoms with Crippen LogP contribution in [-0.2, 0) is 26.0 Å². The van der Waals surface area contributed by atoms with Crippen LogP contribution in [0.5, 0.6) is 11.5 Å². The Morgan fingerprint density at radius 1 is 0.917 bits per heavy atom. The summed E-state index contributed by atoms with van der Waals surface area (Å²) in [6.45, 7) is 4.26. The summed E-state index contributed by atoms with van der Waals surface area (Å²) in [6.07, 6.45) is -0.141. The fraction of sp³-hybridized carbons (Fsp3) is 0.231. The third kappa shape index (κ3) is 5.95. The summed E-state index contributed by atoms with van der Waals surface area (Å²) < 4.78 is 44.1. The molecule has 0 unspecified atom stereocenters. The van der Waals surface area contributed by atoms with Gasteiger partial charge in [-0.25, -0.2) is 13.2 Å². The number of benzene rings is 3. The maximum atomic E-state index is 12.8. The minimum Gasteiger partial charge on any atom is -0.486 e. The van der Waals surface area contributed by atoms with Gasteiger partial charge in [0.05, 0.1) is 10.5 Å². The molecule has 3 aromatic rings. The van der Waals surface area contributed by atoms with E-state index in [1.807, 2.05) is 19.1 Å². The molecule has 1 aliphatic rings. The van der Waals surface area contributed by atoms with E-state index in [0.29, 0.717) is 30.4 Å². The molecular formula is C26H26N2O7S. The van der Waals surface area contributed by atoms with Crippen molar-refractivity contribution >= 4 is 33.3 Å². The number of sulfonamides is 1. The zero-order valence-corrected chi connectivity index (χ0v) is 20.6. The van der Waals surface area contributed by atoms with E-state index in [9.17, 15) is 18.0 Å². The average Bonchev–Trinajstić information content (AvgIpc) is 2.89. The lowest BCUT2D eigenvalue weighted by molar-refractivity contribution is -0.123. The molecule has 1 heterocycles. The number of carbonyl (C=O) groups excluding carboxylic acids is 2. The Morgan fingerprint density at radius 2 is 1.56 bits per heavy atom. The van der Waals surface area contributed by atoms with E-state index in [0.717, 1.165) is 12.0 Å². The number of rotatable bonds is 8. The predicted molar refractivity (Wildman–Crippen MR) is 134 cm³/mol. The van der Waals surface area contributed by atoms with E-state index < -0.39 is 28.0 Å². The first-order valence-electron chi connectivity index (χ1n) is 11.4. The van der Waals surface area contributed by atoms with Crippen LogP contribution in [0, 0.1) is 0 Å². The van der Waals surface area contributed by atoms with E-state index in [1.165, 1.54) is 43.3 Å². The van der Waals surface area contributed by atoms with E-state index in [1.54, 1.807) is 18.2 Å². The number of amides is 1. The molecule has 0 aromatic heterocycles. The van der Waals surface area contributed by atoms with E-state index in [4.69, 9.17) is 14.2 Å². The highest BCUT2D eigenvalue weighted by atomic mass is 32.2. The van der Waals surface area contributed by atoms with Gasteiger partial charge < -0.3 is 19.5 Å². The first-order valence-corrected chi connectivity index (χ1v) is 12.9. The number of ether oxygens (including phenoxy) is 3. The third-order valence-electron chi connectivity index (χ3n) is 5.48. The van der Waals surface area contributed by atoms with Gasteiger partial charge in [-0.3, -0.25) is 9.52 Å². The molecule has 36 heavy (non-hydrogen) atoms. The molecule has 3 aromatic carbocycles. The smallest absolute Gasteiger partial charge is 0.338 e. The number of esters is 1. The summed E-state index contributed by atoms with van der Waals surface area (Å²) in [5.41, 5.74) is 2.17. The van der Waals surface area contributed by atoms with Crippen molar-refractivity contribution in [2.24, 2.45) is 0 Å². The maximum Gasteiger partial charge on any atom is 0.338 e. The first kappa shape index (κ1) is 25.1. The van der Waals surface area contributed by atoms with Gasteiger partial charge in [-0.2, -0.15) is 0 Å². The minimum absolute atomic E-state index is 0.0133. The topological polar surface area (TPSA) is 120 Å². The van der Waals surface area contributed by atoms with Crippen LogP contribution in [-0.4, -0.2) is 39.6 Å². The molecule has 0 saturated heterocycles. The summed E-state index contributed by atoms with van der Waals surface area (Å²) in [6, 6.07) is 17.5. The van der Waals surface area contributed by atoms with Gasteiger partial charge in [0.1, 0.15) is 13.2 Å². The van der Waals surface area contributed by atoms with Crippen molar-refractivity contribution in [3.05, 3.63) is 77.9 Å². The van der Waals surface area contributed by atoms with Crippen LogP contribution >= 0.6 is 0 Å². The second-order valence-electron chi connectivity index (χ2n) is 8.08. The second-order valence-corrected chi connectivity index (χ2v) is 9.76. The lowest BCUT2D eigenvalue weighted by Gasteiger charge is -2.19. The Balaban J connectivity index is 1.35. The predicted octanol–water partition coefficient (Wildman–Crippen LogP) is 4.01. The number of nitrogens with one attached hydrogen (secondary N) is 2. The SMILES string of the molecule is CCc1ccc(NC(=O)[C@@H](C)OC(=O)c2ccc(NS(=O)(=O)c3ccc4c(c3)OCCO4)cc2)cc1. The van der Waals surface area contributed by atoms with E-state index in [2.05, 4.69) is 10.0 Å². The summed E-state index contributed by atoms with van der Waals surface area (Å²) in [4.78, 5) is 24.9. The van der Waals surface area contributed by atoms with Crippen LogP contribution < -0.4 is 19.5 Å². The van der Waals surface area contributed by atoms with Gasteiger partial charge in [-0.05, 0) is 67.4 Å². The zero-order valence-electron chi connectivity index (χ0n) is 19.8. The minimum atomic E-state index is -3.90. The molecule has 0 saturated carbocycles. The van der Waals surface area contributed by atoms with Crippen LogP contribution in [0.25, 0.3) is 0 Å². The van der Waals surface area contributed by atoms with Gasteiger partial charge in [-0.15, -0.1) is 0 Å². The Labute approximate surface area is 209 Å². The largest absolute Gasteiger partial charge is 0.486 e. The molecule has 188 valence electrons. The molecule has 0 fully saturated rings. The number of anilines is 2. The van der Waals surface area contributed by atoms with Crippen LogP contribution in [0.15, 0.2) is 71.6 Å². The number of fused-ring (bicyclic) bond motifs is 1. The normalized spacial score (nSPS) is 13.4. The van der Waals surface area contributed by atoms with Gasteiger partial charge >= 0.3 is 5.97 Å². The number of hydrogen-bond donors (Lipinski definition) is 2. The number of aryl methyl sites for hydroxylation is 1. The van der Waals surface area contributed by atoms with Crippen molar-refractivity contribution in [2.75, 3.05) is 23.3 Å². The molecule has 0 bridgehead atoms. The lowest BCUT2D eigenvalue weighted by atomic mass is 10.1. The Hall–Kier alpha value is -4.05. The number of hydrogen-bond acceptors (Lipinski definition) is 7. The zero-order chi connectivity index (χ0) is 25.7. The van der Waals surface area contributed by atoms with Crippen LogP contribution in [0.2, 0.25) is 0 Å². The molecule has 0 spiro atoms. The van der Waals surface area contributed by atoms with Crippen molar-refractivity contribution in [2.45, 2.75) is 31.3 Å². The fourth-order valence-electron chi connectivity index (χ4n) is 3.43. The molecule has 4 rings (SSSR count). The Bertz CT molecular complexity index is 1350.